The Morgan fingerprint density at radius 3 is 1.79 bits per heavy atom. The number of hydrogen-bond acceptors (Lipinski definition) is 0. The van der Waals surface area contributed by atoms with E-state index < -0.39 is 0 Å². The molecule has 0 aromatic carbocycles. The smallest absolute Gasteiger partial charge is 0.0348 e. The highest BCUT2D eigenvalue weighted by atomic mass is 14.3. The lowest BCUT2D eigenvalue weighted by atomic mass is 9.74. The van der Waals surface area contributed by atoms with Crippen LogP contribution in [-0.4, -0.2) is 0 Å². The van der Waals surface area contributed by atoms with Crippen LogP contribution >= 0.6 is 0 Å². The zero-order valence-electron chi connectivity index (χ0n) is 9.54. The molecule has 0 bridgehead atoms. The Balaban J connectivity index is 1.82. The van der Waals surface area contributed by atoms with Crippen molar-refractivity contribution in [2.24, 2.45) is 17.8 Å². The first kappa shape index (κ1) is 10.3. The van der Waals surface area contributed by atoms with E-state index in [9.17, 15) is 0 Å². The topological polar surface area (TPSA) is 0 Å². The van der Waals surface area contributed by atoms with E-state index in [2.05, 4.69) is 19.1 Å². The van der Waals surface area contributed by atoms with Crippen molar-refractivity contribution in [3.63, 3.8) is 0 Å². The number of allylic oxidation sites excluding steroid dienone is 2. The van der Waals surface area contributed by atoms with E-state index >= 15 is 0 Å². The first-order valence-corrected chi connectivity index (χ1v) is 6.51. The lowest BCUT2D eigenvalue weighted by molar-refractivity contribution is 0.197. The predicted octanol–water partition coefficient (Wildman–Crippen LogP) is 4.56. The quantitative estimate of drug-likeness (QED) is 0.534. The molecule has 0 aromatic heterocycles. The maximum atomic E-state index is 2.42. The summed E-state index contributed by atoms with van der Waals surface area (Å²) in [5.74, 6) is 3.14. The van der Waals surface area contributed by atoms with Gasteiger partial charge in [-0.2, -0.15) is 0 Å². The monoisotopic (exact) mass is 192 g/mol. The maximum Gasteiger partial charge on any atom is -0.0348 e. The molecule has 0 N–H and O–H groups in total. The minimum Gasteiger partial charge on any atom is -0.0885 e. The Bertz CT molecular complexity index is 174. The van der Waals surface area contributed by atoms with Gasteiger partial charge in [-0.3, -0.25) is 0 Å². The zero-order valence-corrected chi connectivity index (χ0v) is 9.54. The first-order chi connectivity index (χ1) is 6.86. The van der Waals surface area contributed by atoms with Crippen LogP contribution in [0.5, 0.6) is 0 Å². The molecule has 1 saturated carbocycles. The van der Waals surface area contributed by atoms with Crippen molar-refractivity contribution in [2.75, 3.05) is 0 Å². The maximum absolute atomic E-state index is 2.42. The lowest BCUT2D eigenvalue weighted by Gasteiger charge is -2.32. The minimum atomic E-state index is 1.01. The van der Waals surface area contributed by atoms with Gasteiger partial charge in [0.05, 0.1) is 0 Å². The van der Waals surface area contributed by atoms with E-state index in [0.717, 1.165) is 17.8 Å². The molecule has 1 fully saturated rings. The van der Waals surface area contributed by atoms with Gasteiger partial charge >= 0.3 is 0 Å². The van der Waals surface area contributed by atoms with Crippen LogP contribution < -0.4 is 0 Å². The second kappa shape index (κ2) is 5.00. The summed E-state index contributed by atoms with van der Waals surface area (Å²) in [7, 11) is 0. The van der Waals surface area contributed by atoms with Crippen LogP contribution in [0.3, 0.4) is 0 Å². The predicted molar refractivity (Wildman–Crippen MR) is 62.2 cm³/mol. The fourth-order valence-electron chi connectivity index (χ4n) is 3.23. The molecule has 2 aliphatic rings. The van der Waals surface area contributed by atoms with Gasteiger partial charge in [0.25, 0.3) is 0 Å². The third kappa shape index (κ3) is 2.62. The van der Waals surface area contributed by atoms with Crippen LogP contribution in [-0.2, 0) is 0 Å². The van der Waals surface area contributed by atoms with Crippen molar-refractivity contribution in [1.29, 1.82) is 0 Å². The molecular weight excluding hydrogens is 168 g/mol. The number of hydrogen-bond donors (Lipinski definition) is 0. The molecule has 0 amide bonds. The van der Waals surface area contributed by atoms with Crippen molar-refractivity contribution < 1.29 is 0 Å². The molecule has 0 nitrogen and oxygen atoms in total. The van der Waals surface area contributed by atoms with Crippen LogP contribution in [0.4, 0.5) is 0 Å². The average molecular weight is 192 g/mol. The van der Waals surface area contributed by atoms with Crippen molar-refractivity contribution in [1.82, 2.24) is 0 Å². The fraction of sp³-hybridized carbons (Fsp3) is 0.857. The summed E-state index contributed by atoms with van der Waals surface area (Å²) in [6, 6.07) is 0. The highest BCUT2D eigenvalue weighted by molar-refractivity contribution is 4.89. The van der Waals surface area contributed by atoms with Crippen LogP contribution in [0.25, 0.3) is 0 Å². The van der Waals surface area contributed by atoms with Gasteiger partial charge in [0.15, 0.2) is 0 Å². The summed E-state index contributed by atoms with van der Waals surface area (Å²) in [5, 5.41) is 0. The normalized spacial score (nSPS) is 35.5. The molecule has 0 heteroatoms. The molecule has 0 radical (unpaired) electrons. The average Bonchev–Trinajstić information content (AvgIpc) is 2.47. The molecule has 0 atom stereocenters. The Hall–Kier alpha value is -0.260. The van der Waals surface area contributed by atoms with Gasteiger partial charge in [0.1, 0.15) is 0 Å². The van der Waals surface area contributed by atoms with E-state index in [1.165, 1.54) is 51.4 Å². The third-order valence-corrected chi connectivity index (χ3v) is 4.30. The van der Waals surface area contributed by atoms with Gasteiger partial charge in [0.2, 0.25) is 0 Å². The van der Waals surface area contributed by atoms with Crippen LogP contribution in [0.2, 0.25) is 0 Å². The summed E-state index contributed by atoms with van der Waals surface area (Å²) in [4.78, 5) is 0. The van der Waals surface area contributed by atoms with Crippen molar-refractivity contribution in [3.8, 4) is 0 Å². The van der Waals surface area contributed by atoms with E-state index in [1.807, 2.05) is 0 Å². The molecule has 0 unspecified atom stereocenters. The lowest BCUT2D eigenvalue weighted by Crippen LogP contribution is -2.20. The van der Waals surface area contributed by atoms with Crippen LogP contribution in [0.15, 0.2) is 12.2 Å². The molecule has 0 aromatic rings. The van der Waals surface area contributed by atoms with Crippen molar-refractivity contribution in [2.45, 2.75) is 58.3 Å². The van der Waals surface area contributed by atoms with E-state index in [0.29, 0.717) is 0 Å². The van der Waals surface area contributed by atoms with Gasteiger partial charge in [-0.1, -0.05) is 31.9 Å². The van der Waals surface area contributed by atoms with E-state index in [4.69, 9.17) is 0 Å². The van der Waals surface area contributed by atoms with Crippen LogP contribution in [0, 0.1) is 17.8 Å². The number of rotatable bonds is 1. The Morgan fingerprint density at radius 1 is 0.714 bits per heavy atom. The molecule has 2 aliphatic carbocycles. The summed E-state index contributed by atoms with van der Waals surface area (Å²) < 4.78 is 0. The first-order valence-electron chi connectivity index (χ1n) is 6.51. The highest BCUT2D eigenvalue weighted by Gasteiger charge is 2.25. The highest BCUT2D eigenvalue weighted by Crippen LogP contribution is 2.37. The van der Waals surface area contributed by atoms with Crippen LogP contribution in [0.1, 0.15) is 58.3 Å². The molecule has 0 saturated heterocycles. The van der Waals surface area contributed by atoms with Gasteiger partial charge in [0, 0.05) is 0 Å². The molecule has 14 heavy (non-hydrogen) atoms. The molecule has 80 valence electrons. The van der Waals surface area contributed by atoms with Gasteiger partial charge in [-0.05, 0) is 56.3 Å². The molecule has 2 rings (SSSR count). The van der Waals surface area contributed by atoms with Gasteiger partial charge in [-0.25, -0.2) is 0 Å². The van der Waals surface area contributed by atoms with Gasteiger partial charge < -0.3 is 0 Å². The third-order valence-electron chi connectivity index (χ3n) is 4.30. The van der Waals surface area contributed by atoms with E-state index in [1.54, 1.807) is 0 Å². The Kier molecular flexibility index (Phi) is 3.67. The zero-order chi connectivity index (χ0) is 9.80. The fourth-order valence-corrected chi connectivity index (χ4v) is 3.23. The van der Waals surface area contributed by atoms with Crippen molar-refractivity contribution >= 4 is 0 Å². The summed E-state index contributed by atoms with van der Waals surface area (Å²) >= 11 is 0. The SMILES string of the molecule is CC1CCC(C2CCC=CCC2)CC1. The largest absolute Gasteiger partial charge is 0.0885 e. The molecule has 0 aliphatic heterocycles. The van der Waals surface area contributed by atoms with Gasteiger partial charge in [-0.15, -0.1) is 0 Å². The minimum absolute atomic E-state index is 1.01. The molecular formula is C14H24. The van der Waals surface area contributed by atoms with Crippen molar-refractivity contribution in [3.05, 3.63) is 12.2 Å². The second-order valence-corrected chi connectivity index (χ2v) is 5.41. The second-order valence-electron chi connectivity index (χ2n) is 5.41. The summed E-state index contributed by atoms with van der Waals surface area (Å²) in [5.41, 5.74) is 0. The summed E-state index contributed by atoms with van der Waals surface area (Å²) in [6.07, 6.45) is 16.4. The Morgan fingerprint density at radius 2 is 1.21 bits per heavy atom. The standard InChI is InChI=1S/C14H24/c1-12-8-10-14(11-9-12)13-6-4-2-3-5-7-13/h2-3,12-14H,4-11H2,1H3. The molecule has 0 heterocycles. The van der Waals surface area contributed by atoms with E-state index in [-0.39, 0.29) is 0 Å². The Labute approximate surface area is 88.8 Å². The molecule has 0 spiro atoms. The summed E-state index contributed by atoms with van der Waals surface area (Å²) in [6.45, 7) is 2.42.